The normalized spacial score (nSPS) is 51.7. The van der Waals surface area contributed by atoms with Gasteiger partial charge in [-0.05, 0) is 74.3 Å². The van der Waals surface area contributed by atoms with Crippen molar-refractivity contribution in [3.63, 3.8) is 0 Å². The van der Waals surface area contributed by atoms with Gasteiger partial charge in [-0.2, -0.15) is 0 Å². The highest BCUT2D eigenvalue weighted by Gasteiger charge is 2.70. The third-order valence-corrected chi connectivity index (χ3v) is 9.78. The number of hydrogen-bond donors (Lipinski definition) is 0. The Kier molecular flexibility index (Phi) is 3.28. The van der Waals surface area contributed by atoms with Gasteiger partial charge in [0.25, 0.3) is 0 Å². The number of ketones is 2. The van der Waals surface area contributed by atoms with Crippen molar-refractivity contribution in [1.29, 1.82) is 0 Å². The molecule has 0 heterocycles. The summed E-state index contributed by atoms with van der Waals surface area (Å²) in [5.74, 6) is -0.594. The molecule has 0 aliphatic heterocycles. The van der Waals surface area contributed by atoms with Crippen LogP contribution in [0.25, 0.3) is 0 Å². The van der Waals surface area contributed by atoms with Gasteiger partial charge in [0.15, 0.2) is 17.2 Å². The van der Waals surface area contributed by atoms with Crippen molar-refractivity contribution < 1.29 is 23.2 Å². The number of Topliss-reactive ketones (excluding diaryl/α,β-unsaturated/α-hetero) is 1. The topological polar surface area (TPSA) is 60.4 Å². The van der Waals surface area contributed by atoms with Crippen molar-refractivity contribution >= 4 is 29.1 Å². The summed E-state index contributed by atoms with van der Waals surface area (Å²) in [6, 6.07) is 0. The van der Waals surface area contributed by atoms with E-state index in [1.54, 1.807) is 6.08 Å². The first-order valence-corrected chi connectivity index (χ1v) is 11.0. The highest BCUT2D eigenvalue weighted by Crippen LogP contribution is 2.72. The first-order valence-electron chi connectivity index (χ1n) is 12.2. The number of rotatable bonds is 2. The molecule has 5 heteroatoms. The van der Waals surface area contributed by atoms with E-state index in [9.17, 15) is 14.4 Å². The van der Waals surface area contributed by atoms with Crippen LogP contribution in [0.3, 0.4) is 0 Å². The van der Waals surface area contributed by atoms with Crippen molar-refractivity contribution in [2.75, 3.05) is 0 Å². The molecule has 0 spiro atoms. The zero-order valence-electron chi connectivity index (χ0n) is 20.1. The molecular formula is C24H29ClO4. The standard InChI is InChI=1S/C24H29ClO4/c1-12(26)24(29-13(2)27)8-6-16-14-10-20(25)19-11-21(28)15-9-18(15)23(19,4)17(14)5-7-22(16,24)3/h10-11,14-18H,5-9H2,1-4H3/i2D3. The summed E-state index contributed by atoms with van der Waals surface area (Å²) in [5, 5.41) is 0.622. The predicted octanol–water partition coefficient (Wildman–Crippen LogP) is 4.61. The van der Waals surface area contributed by atoms with E-state index in [2.05, 4.69) is 13.0 Å². The summed E-state index contributed by atoms with van der Waals surface area (Å²) in [7, 11) is 0. The molecule has 0 aromatic carbocycles. The molecule has 0 radical (unpaired) electrons. The van der Waals surface area contributed by atoms with Gasteiger partial charge in [0, 0.05) is 32.7 Å². The Labute approximate surface area is 181 Å². The Morgan fingerprint density at radius 2 is 1.93 bits per heavy atom. The fourth-order valence-corrected chi connectivity index (χ4v) is 8.34. The second-order valence-corrected chi connectivity index (χ2v) is 10.7. The Morgan fingerprint density at radius 1 is 1.21 bits per heavy atom. The predicted molar refractivity (Wildman–Crippen MR) is 109 cm³/mol. The second kappa shape index (κ2) is 5.84. The van der Waals surface area contributed by atoms with Crippen LogP contribution in [0.15, 0.2) is 22.8 Å². The van der Waals surface area contributed by atoms with Crippen LogP contribution in [-0.4, -0.2) is 23.1 Å². The van der Waals surface area contributed by atoms with E-state index in [-0.39, 0.29) is 34.7 Å². The average Bonchev–Trinajstić information content (AvgIpc) is 3.44. The zero-order valence-corrected chi connectivity index (χ0v) is 17.8. The number of hydrogen-bond acceptors (Lipinski definition) is 4. The van der Waals surface area contributed by atoms with E-state index in [4.69, 9.17) is 20.5 Å². The summed E-state index contributed by atoms with van der Waals surface area (Å²) in [6.45, 7) is 2.72. The minimum absolute atomic E-state index is 0.0384. The van der Waals surface area contributed by atoms with Crippen LogP contribution < -0.4 is 0 Å². The molecule has 3 fully saturated rings. The lowest BCUT2D eigenvalue weighted by atomic mass is 9.47. The molecule has 5 rings (SSSR count). The van der Waals surface area contributed by atoms with Gasteiger partial charge in [-0.3, -0.25) is 14.4 Å². The second-order valence-electron chi connectivity index (χ2n) is 10.3. The maximum atomic E-state index is 13.0. The lowest BCUT2D eigenvalue weighted by molar-refractivity contribution is -0.185. The number of carbonyl (C=O) groups excluding carboxylic acids is 3. The Bertz CT molecular complexity index is 1000. The maximum Gasteiger partial charge on any atom is 0.303 e. The van der Waals surface area contributed by atoms with Crippen LogP contribution in [0.4, 0.5) is 0 Å². The summed E-state index contributed by atoms with van der Waals surface area (Å²) in [6.07, 6.45) is 7.16. The number of esters is 1. The molecule has 8 atom stereocenters. The monoisotopic (exact) mass is 419 g/mol. The van der Waals surface area contributed by atoms with Crippen molar-refractivity contribution in [1.82, 2.24) is 0 Å². The van der Waals surface area contributed by atoms with Gasteiger partial charge < -0.3 is 4.74 Å². The molecule has 29 heavy (non-hydrogen) atoms. The van der Waals surface area contributed by atoms with Gasteiger partial charge in [0.05, 0.1) is 0 Å². The highest BCUT2D eigenvalue weighted by atomic mass is 35.5. The third-order valence-electron chi connectivity index (χ3n) is 9.45. The fraction of sp³-hybridized carbons (Fsp3) is 0.708. The van der Waals surface area contributed by atoms with E-state index in [0.717, 1.165) is 18.4 Å². The zero-order chi connectivity index (χ0) is 23.4. The van der Waals surface area contributed by atoms with Gasteiger partial charge in [0.1, 0.15) is 0 Å². The Morgan fingerprint density at radius 3 is 2.62 bits per heavy atom. The number of carbonyl (C=O) groups is 3. The number of fused-ring (bicyclic) bond motifs is 7. The molecule has 156 valence electrons. The van der Waals surface area contributed by atoms with Crippen LogP contribution in [0, 0.1) is 40.4 Å². The highest BCUT2D eigenvalue weighted by molar-refractivity contribution is 6.32. The Hall–Kier alpha value is -1.42. The van der Waals surface area contributed by atoms with Crippen molar-refractivity contribution in [3.8, 4) is 0 Å². The molecule has 0 N–H and O–H groups in total. The summed E-state index contributed by atoms with van der Waals surface area (Å²) >= 11 is 6.78. The van der Waals surface area contributed by atoms with Crippen LogP contribution in [0.2, 0.25) is 0 Å². The van der Waals surface area contributed by atoms with Gasteiger partial charge >= 0.3 is 5.97 Å². The third kappa shape index (κ3) is 2.24. The molecule has 0 saturated heterocycles. The minimum atomic E-state index is -2.91. The first kappa shape index (κ1) is 16.3. The molecular weight excluding hydrogens is 388 g/mol. The van der Waals surface area contributed by atoms with Crippen LogP contribution in [-0.2, 0) is 19.1 Å². The molecule has 0 aromatic heterocycles. The quantitative estimate of drug-likeness (QED) is 0.613. The summed E-state index contributed by atoms with van der Waals surface area (Å²) in [4.78, 5) is 37.8. The average molecular weight is 420 g/mol. The van der Waals surface area contributed by atoms with E-state index in [1.807, 2.05) is 6.92 Å². The van der Waals surface area contributed by atoms with E-state index in [0.29, 0.717) is 36.1 Å². The van der Waals surface area contributed by atoms with Crippen molar-refractivity contribution in [2.45, 2.75) is 65.3 Å². The molecule has 4 nitrogen and oxygen atoms in total. The summed E-state index contributed by atoms with van der Waals surface area (Å²) < 4.78 is 28.0. The number of halogens is 1. The molecule has 5 aliphatic carbocycles. The smallest absolute Gasteiger partial charge is 0.303 e. The molecule has 0 aromatic rings. The van der Waals surface area contributed by atoms with Crippen LogP contribution in [0.1, 0.15) is 63.8 Å². The van der Waals surface area contributed by atoms with Crippen molar-refractivity contribution in [2.24, 2.45) is 40.4 Å². The molecule has 3 saturated carbocycles. The first-order chi connectivity index (χ1) is 14.8. The lowest BCUT2D eigenvalue weighted by Crippen LogP contribution is -2.58. The van der Waals surface area contributed by atoms with Gasteiger partial charge in [-0.1, -0.05) is 31.5 Å². The van der Waals surface area contributed by atoms with Gasteiger partial charge in [-0.15, -0.1) is 0 Å². The number of ether oxygens (including phenoxy) is 1. The Balaban J connectivity index is 1.56. The van der Waals surface area contributed by atoms with Crippen molar-refractivity contribution in [3.05, 3.63) is 22.8 Å². The van der Waals surface area contributed by atoms with E-state index in [1.165, 1.54) is 6.92 Å². The molecule has 0 bridgehead atoms. The lowest BCUT2D eigenvalue weighted by Gasteiger charge is -2.57. The van der Waals surface area contributed by atoms with E-state index >= 15 is 0 Å². The maximum absolute atomic E-state index is 13.0. The van der Waals surface area contributed by atoms with Crippen LogP contribution in [0.5, 0.6) is 0 Å². The van der Waals surface area contributed by atoms with E-state index < -0.39 is 23.8 Å². The molecule has 5 aliphatic rings. The summed E-state index contributed by atoms with van der Waals surface area (Å²) in [5.41, 5.74) is -1.32. The largest absolute Gasteiger partial charge is 0.451 e. The fourth-order valence-electron chi connectivity index (χ4n) is 7.94. The number of allylic oxidation sites excluding steroid dienone is 4. The molecule has 0 amide bonds. The molecule has 8 unspecified atom stereocenters. The van der Waals surface area contributed by atoms with Gasteiger partial charge in [-0.25, -0.2) is 0 Å². The van der Waals surface area contributed by atoms with Gasteiger partial charge in [0.2, 0.25) is 0 Å². The minimum Gasteiger partial charge on any atom is -0.451 e. The van der Waals surface area contributed by atoms with Crippen LogP contribution >= 0.6 is 11.6 Å². The SMILES string of the molecule is [2H]C([2H])([2H])C(=O)OC1(C(C)=O)CCC2C3C=C(Cl)C4=CC(=O)C5CC5C4(C)C3CCC21C.